The maximum atomic E-state index is 11.7. The molecule has 0 unspecified atom stereocenters. The second-order valence-corrected chi connectivity index (χ2v) is 2.92. The highest BCUT2D eigenvalue weighted by atomic mass is 19.4. The van der Waals surface area contributed by atoms with Gasteiger partial charge in [-0.1, -0.05) is 12.1 Å². The van der Waals surface area contributed by atoms with Gasteiger partial charge in [0.05, 0.1) is 5.56 Å². The fourth-order valence-electron chi connectivity index (χ4n) is 0.942. The van der Waals surface area contributed by atoms with Crippen molar-refractivity contribution in [2.75, 3.05) is 12.3 Å². The van der Waals surface area contributed by atoms with E-state index in [0.29, 0.717) is 0 Å². The number of benzene rings is 1. The number of hydrogen-bond donors (Lipinski definition) is 2. The smallest absolute Gasteiger partial charge is 0.398 e. The zero-order chi connectivity index (χ0) is 12.2. The lowest BCUT2D eigenvalue weighted by Crippen LogP contribution is -2.29. The first-order valence-electron chi connectivity index (χ1n) is 4.23. The lowest BCUT2D eigenvalue weighted by Gasteiger charge is -2.09. The number of anilines is 1. The van der Waals surface area contributed by atoms with E-state index < -0.39 is 18.7 Å². The molecule has 0 aliphatic heterocycles. The van der Waals surface area contributed by atoms with Crippen LogP contribution in [0.5, 0.6) is 0 Å². The molecular formula is C9H9F3N2O2. The minimum atomic E-state index is -4.49. The first-order chi connectivity index (χ1) is 7.40. The fourth-order valence-corrected chi connectivity index (χ4v) is 0.942. The Bertz CT molecular complexity index is 379. The second kappa shape index (κ2) is 4.84. The predicted octanol–water partition coefficient (Wildman–Crippen LogP) is 1.49. The molecule has 1 aromatic rings. The summed E-state index contributed by atoms with van der Waals surface area (Å²) in [5, 5.41) is 0. The van der Waals surface area contributed by atoms with E-state index in [1.54, 1.807) is 11.5 Å². The van der Waals surface area contributed by atoms with Crippen LogP contribution in [0.2, 0.25) is 0 Å². The van der Waals surface area contributed by atoms with E-state index in [4.69, 9.17) is 5.73 Å². The van der Waals surface area contributed by atoms with Gasteiger partial charge in [-0.15, -0.1) is 0 Å². The molecule has 7 heteroatoms. The van der Waals surface area contributed by atoms with Crippen molar-refractivity contribution < 1.29 is 22.8 Å². The summed E-state index contributed by atoms with van der Waals surface area (Å²) in [7, 11) is 0. The van der Waals surface area contributed by atoms with Gasteiger partial charge >= 0.3 is 6.18 Å². The molecule has 0 saturated carbocycles. The third kappa shape index (κ3) is 3.77. The third-order valence-electron chi connectivity index (χ3n) is 1.61. The molecule has 88 valence electrons. The second-order valence-electron chi connectivity index (χ2n) is 2.92. The lowest BCUT2D eigenvalue weighted by atomic mass is 10.2. The monoisotopic (exact) mass is 234 g/mol. The van der Waals surface area contributed by atoms with Crippen molar-refractivity contribution in [3.63, 3.8) is 0 Å². The number of nitrogens with two attached hydrogens (primary N) is 1. The largest absolute Gasteiger partial charge is 0.414 e. The predicted molar refractivity (Wildman–Crippen MR) is 50.3 cm³/mol. The van der Waals surface area contributed by atoms with Crippen LogP contribution in [-0.4, -0.2) is 18.7 Å². The van der Waals surface area contributed by atoms with Gasteiger partial charge in [-0.3, -0.25) is 9.63 Å². The Kier molecular flexibility index (Phi) is 3.73. The number of hydroxylamine groups is 1. The highest BCUT2D eigenvalue weighted by Gasteiger charge is 2.28. The van der Waals surface area contributed by atoms with Crippen LogP contribution < -0.4 is 11.2 Å². The van der Waals surface area contributed by atoms with Gasteiger partial charge in [0.2, 0.25) is 0 Å². The molecule has 0 atom stereocenters. The quantitative estimate of drug-likeness (QED) is 0.615. The fraction of sp³-hybridized carbons (Fsp3) is 0.222. The van der Waals surface area contributed by atoms with Crippen molar-refractivity contribution in [2.45, 2.75) is 6.18 Å². The Labute approximate surface area is 89.1 Å². The van der Waals surface area contributed by atoms with Gasteiger partial charge in [0, 0.05) is 5.69 Å². The van der Waals surface area contributed by atoms with Crippen LogP contribution >= 0.6 is 0 Å². The average molecular weight is 234 g/mol. The summed E-state index contributed by atoms with van der Waals surface area (Å²) < 4.78 is 35.1. The Hall–Kier alpha value is -1.76. The molecule has 0 bridgehead atoms. The Morgan fingerprint density at radius 1 is 1.38 bits per heavy atom. The number of nitrogen functional groups attached to an aromatic ring is 1. The molecule has 0 saturated heterocycles. The highest BCUT2D eigenvalue weighted by Crippen LogP contribution is 2.14. The van der Waals surface area contributed by atoms with E-state index in [1.165, 1.54) is 18.2 Å². The maximum Gasteiger partial charge on any atom is 0.414 e. The van der Waals surface area contributed by atoms with Crippen LogP contribution in [0, 0.1) is 0 Å². The number of alkyl halides is 3. The Morgan fingerprint density at radius 3 is 2.56 bits per heavy atom. The molecule has 0 radical (unpaired) electrons. The molecule has 0 heterocycles. The highest BCUT2D eigenvalue weighted by molar-refractivity contribution is 5.98. The van der Waals surface area contributed by atoms with E-state index in [9.17, 15) is 18.0 Å². The number of nitrogens with one attached hydrogen (secondary N) is 1. The zero-order valence-corrected chi connectivity index (χ0v) is 8.04. The molecule has 0 aliphatic carbocycles. The van der Waals surface area contributed by atoms with Crippen LogP contribution in [0.25, 0.3) is 0 Å². The van der Waals surface area contributed by atoms with Gasteiger partial charge in [-0.2, -0.15) is 13.2 Å². The van der Waals surface area contributed by atoms with Crippen LogP contribution in [0.4, 0.5) is 18.9 Å². The molecule has 1 aromatic carbocycles. The Morgan fingerprint density at radius 2 is 2.00 bits per heavy atom. The van der Waals surface area contributed by atoms with Gasteiger partial charge in [0.15, 0.2) is 6.61 Å². The van der Waals surface area contributed by atoms with Crippen molar-refractivity contribution in [3.05, 3.63) is 29.8 Å². The van der Waals surface area contributed by atoms with Gasteiger partial charge in [0.1, 0.15) is 0 Å². The van der Waals surface area contributed by atoms with E-state index >= 15 is 0 Å². The molecule has 0 aromatic heterocycles. The van der Waals surface area contributed by atoms with Crippen molar-refractivity contribution in [1.29, 1.82) is 0 Å². The summed E-state index contributed by atoms with van der Waals surface area (Å²) in [5.74, 6) is -0.817. The molecule has 3 N–H and O–H groups in total. The number of halogens is 3. The normalized spacial score (nSPS) is 11.2. The van der Waals surface area contributed by atoms with Crippen LogP contribution in [0.1, 0.15) is 10.4 Å². The number of hydrogen-bond acceptors (Lipinski definition) is 3. The van der Waals surface area contributed by atoms with Crippen molar-refractivity contribution in [1.82, 2.24) is 5.48 Å². The molecule has 4 nitrogen and oxygen atoms in total. The van der Waals surface area contributed by atoms with Crippen LogP contribution in [-0.2, 0) is 4.84 Å². The summed E-state index contributed by atoms with van der Waals surface area (Å²) in [6, 6.07) is 5.97. The molecule has 1 rings (SSSR count). The summed E-state index contributed by atoms with van der Waals surface area (Å²) >= 11 is 0. The van der Waals surface area contributed by atoms with E-state index in [1.807, 2.05) is 0 Å². The third-order valence-corrected chi connectivity index (χ3v) is 1.61. The Balaban J connectivity index is 2.51. The van der Waals surface area contributed by atoms with Crippen LogP contribution in [0.15, 0.2) is 24.3 Å². The number of para-hydroxylation sites is 1. The lowest BCUT2D eigenvalue weighted by molar-refractivity contribution is -0.184. The average Bonchev–Trinajstić information content (AvgIpc) is 2.16. The summed E-state index contributed by atoms with van der Waals surface area (Å²) in [6.07, 6.45) is -4.49. The van der Waals surface area contributed by atoms with Crippen LogP contribution in [0.3, 0.4) is 0 Å². The van der Waals surface area contributed by atoms with E-state index in [-0.39, 0.29) is 11.3 Å². The SMILES string of the molecule is Nc1ccccc1C(=O)NOCC(F)(F)F. The number of carbonyl (C=O) groups excluding carboxylic acids is 1. The van der Waals surface area contributed by atoms with Gasteiger partial charge < -0.3 is 5.73 Å². The van der Waals surface area contributed by atoms with Gasteiger partial charge in [0.25, 0.3) is 5.91 Å². The summed E-state index contributed by atoms with van der Waals surface area (Å²) in [6.45, 7) is -1.55. The van der Waals surface area contributed by atoms with E-state index in [2.05, 4.69) is 4.84 Å². The molecular weight excluding hydrogens is 225 g/mol. The molecule has 1 amide bonds. The van der Waals surface area contributed by atoms with Gasteiger partial charge in [-0.05, 0) is 12.1 Å². The number of amides is 1. The van der Waals surface area contributed by atoms with Crippen molar-refractivity contribution >= 4 is 11.6 Å². The zero-order valence-electron chi connectivity index (χ0n) is 8.04. The van der Waals surface area contributed by atoms with Gasteiger partial charge in [-0.25, -0.2) is 5.48 Å². The summed E-state index contributed by atoms with van der Waals surface area (Å²) in [5.41, 5.74) is 7.32. The standard InChI is InChI=1S/C9H9F3N2O2/c10-9(11,12)5-16-14-8(15)6-3-1-2-4-7(6)13/h1-4H,5,13H2,(H,14,15). The molecule has 0 fully saturated rings. The topological polar surface area (TPSA) is 64.4 Å². The molecule has 0 spiro atoms. The van der Waals surface area contributed by atoms with Crippen molar-refractivity contribution in [2.24, 2.45) is 0 Å². The van der Waals surface area contributed by atoms with Crippen molar-refractivity contribution in [3.8, 4) is 0 Å². The number of rotatable bonds is 3. The minimum Gasteiger partial charge on any atom is -0.398 e. The number of carbonyl (C=O) groups is 1. The first-order valence-corrected chi connectivity index (χ1v) is 4.23. The summed E-state index contributed by atoms with van der Waals surface area (Å²) in [4.78, 5) is 15.3. The first kappa shape index (κ1) is 12.3. The molecule has 16 heavy (non-hydrogen) atoms. The maximum absolute atomic E-state index is 11.7. The minimum absolute atomic E-state index is 0.0599. The molecule has 0 aliphatic rings. The van der Waals surface area contributed by atoms with E-state index in [0.717, 1.165) is 0 Å².